The van der Waals surface area contributed by atoms with Crippen LogP contribution in [-0.4, -0.2) is 21.7 Å². The van der Waals surface area contributed by atoms with Gasteiger partial charge in [-0.15, -0.1) is 0 Å². The first kappa shape index (κ1) is 23.2. The Morgan fingerprint density at radius 3 is 2.59 bits per heavy atom. The van der Waals surface area contributed by atoms with Gasteiger partial charge < -0.3 is 9.30 Å². The number of hydrazone groups is 1. The van der Waals surface area contributed by atoms with Gasteiger partial charge in [0.1, 0.15) is 23.3 Å². The molecule has 1 N–H and O–H groups in total. The zero-order chi connectivity index (χ0) is 24.1. The van der Waals surface area contributed by atoms with E-state index in [4.69, 9.17) is 16.3 Å². The van der Waals surface area contributed by atoms with Gasteiger partial charge >= 0.3 is 0 Å². The molecule has 0 saturated carbocycles. The number of hydrogen-bond acceptors (Lipinski definition) is 4. The smallest absolute Gasteiger partial charge is 0.274 e. The Hall–Kier alpha value is -3.97. The van der Waals surface area contributed by atoms with Gasteiger partial charge in [-0.25, -0.2) is 14.8 Å². The predicted molar refractivity (Wildman–Crippen MR) is 130 cm³/mol. The van der Waals surface area contributed by atoms with E-state index in [1.54, 1.807) is 30.5 Å². The fraction of sp³-hybridized carbons (Fsp3) is 0.115. The van der Waals surface area contributed by atoms with Crippen molar-refractivity contribution in [3.8, 4) is 11.4 Å². The molecule has 2 heterocycles. The van der Waals surface area contributed by atoms with Crippen molar-refractivity contribution in [3.63, 3.8) is 0 Å². The Morgan fingerprint density at radius 1 is 1.15 bits per heavy atom. The van der Waals surface area contributed by atoms with E-state index in [0.29, 0.717) is 12.4 Å². The molecule has 1 amide bonds. The second-order valence-corrected chi connectivity index (χ2v) is 7.97. The number of hydrogen-bond donors (Lipinski definition) is 1. The van der Waals surface area contributed by atoms with Gasteiger partial charge in [0.05, 0.1) is 11.8 Å². The number of benzene rings is 2. The summed E-state index contributed by atoms with van der Waals surface area (Å²) in [5.74, 6) is 0.0173. The van der Waals surface area contributed by atoms with Crippen molar-refractivity contribution in [2.45, 2.75) is 20.5 Å². The number of amides is 1. The van der Waals surface area contributed by atoms with Crippen molar-refractivity contribution in [3.05, 3.63) is 112 Å². The molecule has 4 rings (SSSR count). The molecule has 0 saturated heterocycles. The number of aryl methyl sites for hydroxylation is 1. The van der Waals surface area contributed by atoms with Gasteiger partial charge in [-0.3, -0.25) is 4.79 Å². The van der Waals surface area contributed by atoms with Crippen LogP contribution in [0.1, 0.15) is 32.9 Å². The minimum atomic E-state index is -0.431. The van der Waals surface area contributed by atoms with Gasteiger partial charge in [-0.2, -0.15) is 5.10 Å². The summed E-state index contributed by atoms with van der Waals surface area (Å²) in [5, 5.41) is 4.20. The number of nitrogens with zero attached hydrogens (tertiary/aromatic N) is 3. The van der Waals surface area contributed by atoms with Crippen LogP contribution in [0.25, 0.3) is 5.69 Å². The second kappa shape index (κ2) is 10.3. The summed E-state index contributed by atoms with van der Waals surface area (Å²) in [5.41, 5.74) is 7.45. The number of halogens is 2. The van der Waals surface area contributed by atoms with Gasteiger partial charge in [-0.05, 0) is 74.0 Å². The zero-order valence-corrected chi connectivity index (χ0v) is 19.4. The van der Waals surface area contributed by atoms with E-state index in [1.807, 2.05) is 44.2 Å². The van der Waals surface area contributed by atoms with E-state index in [1.165, 1.54) is 18.3 Å². The number of aromatic nitrogens is 2. The Labute approximate surface area is 201 Å². The Kier molecular flexibility index (Phi) is 7.04. The number of carbonyl (C=O) groups is 1. The summed E-state index contributed by atoms with van der Waals surface area (Å²) in [6, 6.07) is 19.2. The number of carbonyl (C=O) groups excluding carboxylic acids is 1. The van der Waals surface area contributed by atoms with Crippen LogP contribution < -0.4 is 10.2 Å². The first-order valence-electron chi connectivity index (χ1n) is 10.5. The maximum absolute atomic E-state index is 13.0. The van der Waals surface area contributed by atoms with Gasteiger partial charge in [0.25, 0.3) is 5.91 Å². The molecule has 2 aromatic heterocycles. The summed E-state index contributed by atoms with van der Waals surface area (Å²) in [4.78, 5) is 16.1. The first-order chi connectivity index (χ1) is 16.4. The topological polar surface area (TPSA) is 68.5 Å². The molecule has 4 aromatic rings. The van der Waals surface area contributed by atoms with Gasteiger partial charge in [-0.1, -0.05) is 23.7 Å². The average Bonchev–Trinajstić information content (AvgIpc) is 3.12. The molecule has 0 unspecified atom stereocenters. The lowest BCUT2D eigenvalue weighted by atomic mass is 10.2. The van der Waals surface area contributed by atoms with Crippen LogP contribution in [0, 0.1) is 19.7 Å². The van der Waals surface area contributed by atoms with E-state index in [-0.39, 0.29) is 16.5 Å². The van der Waals surface area contributed by atoms with Gasteiger partial charge in [0.15, 0.2) is 0 Å². The molecular formula is C26H22ClFN4O2. The van der Waals surface area contributed by atoms with Crippen molar-refractivity contribution < 1.29 is 13.9 Å². The number of nitrogens with one attached hydrogen (secondary N) is 1. The average molecular weight is 477 g/mol. The molecule has 0 spiro atoms. The Balaban J connectivity index is 1.43. The number of ether oxygens (including phenoxy) is 1. The van der Waals surface area contributed by atoms with E-state index >= 15 is 0 Å². The molecule has 8 heteroatoms. The van der Waals surface area contributed by atoms with Crippen molar-refractivity contribution in [1.29, 1.82) is 0 Å². The summed E-state index contributed by atoms with van der Waals surface area (Å²) in [6.45, 7) is 4.34. The van der Waals surface area contributed by atoms with E-state index in [2.05, 4.69) is 20.1 Å². The van der Waals surface area contributed by atoms with Gasteiger partial charge in [0.2, 0.25) is 0 Å². The van der Waals surface area contributed by atoms with E-state index < -0.39 is 5.91 Å². The molecule has 0 fully saturated rings. The maximum atomic E-state index is 13.0. The summed E-state index contributed by atoms with van der Waals surface area (Å²) in [6.07, 6.45) is 3.11. The highest BCUT2D eigenvalue weighted by molar-refractivity contribution is 6.32. The lowest BCUT2D eigenvalue weighted by Crippen LogP contribution is -2.18. The van der Waals surface area contributed by atoms with E-state index in [9.17, 15) is 9.18 Å². The van der Waals surface area contributed by atoms with Crippen molar-refractivity contribution >= 4 is 23.7 Å². The van der Waals surface area contributed by atoms with Crippen molar-refractivity contribution in [1.82, 2.24) is 15.0 Å². The molecule has 2 aromatic carbocycles. The van der Waals surface area contributed by atoms with Crippen LogP contribution in [0.15, 0.2) is 78.0 Å². The summed E-state index contributed by atoms with van der Waals surface area (Å²) in [7, 11) is 0. The lowest BCUT2D eigenvalue weighted by Gasteiger charge is -2.11. The molecule has 0 aliphatic heterocycles. The normalized spacial score (nSPS) is 11.1. The van der Waals surface area contributed by atoms with E-state index in [0.717, 1.165) is 28.2 Å². The molecule has 0 bridgehead atoms. The Bertz CT molecular complexity index is 1330. The van der Waals surface area contributed by atoms with Crippen LogP contribution in [-0.2, 0) is 6.61 Å². The number of pyridine rings is 1. The van der Waals surface area contributed by atoms with Crippen LogP contribution in [0.4, 0.5) is 4.39 Å². The van der Waals surface area contributed by atoms with Crippen LogP contribution in [0.2, 0.25) is 5.15 Å². The minimum absolute atomic E-state index is 0.124. The summed E-state index contributed by atoms with van der Waals surface area (Å²) < 4.78 is 20.9. The summed E-state index contributed by atoms with van der Waals surface area (Å²) >= 11 is 5.95. The van der Waals surface area contributed by atoms with Crippen molar-refractivity contribution in [2.24, 2.45) is 5.10 Å². The molecule has 0 aliphatic rings. The molecule has 6 nitrogen and oxygen atoms in total. The Morgan fingerprint density at radius 2 is 1.88 bits per heavy atom. The third kappa shape index (κ3) is 5.32. The molecule has 0 radical (unpaired) electrons. The molecule has 0 aliphatic carbocycles. The monoisotopic (exact) mass is 476 g/mol. The maximum Gasteiger partial charge on any atom is 0.274 e. The second-order valence-electron chi connectivity index (χ2n) is 7.61. The highest BCUT2D eigenvalue weighted by atomic mass is 35.5. The third-order valence-corrected chi connectivity index (χ3v) is 5.56. The molecular weight excluding hydrogens is 455 g/mol. The lowest BCUT2D eigenvalue weighted by molar-refractivity contribution is 0.0955. The van der Waals surface area contributed by atoms with Crippen molar-refractivity contribution in [2.75, 3.05) is 0 Å². The minimum Gasteiger partial charge on any atom is -0.489 e. The van der Waals surface area contributed by atoms with Crippen LogP contribution in [0.3, 0.4) is 0 Å². The molecule has 34 heavy (non-hydrogen) atoms. The van der Waals surface area contributed by atoms with Gasteiger partial charge in [0, 0.05) is 28.8 Å². The quantitative estimate of drug-likeness (QED) is 0.214. The highest BCUT2D eigenvalue weighted by Gasteiger charge is 2.11. The molecule has 172 valence electrons. The first-order valence-corrected chi connectivity index (χ1v) is 10.9. The standard InChI is InChI=1S/C26H22ClFN4O2/c1-17-14-20(15-30-31-26(33)24-4-3-13-29-25(24)27)18(2)32(17)22-9-11-23(12-10-22)34-16-19-5-7-21(28)8-6-19/h3-15H,16H2,1-2H3,(H,31,33). The predicted octanol–water partition coefficient (Wildman–Crippen LogP) is 5.62. The highest BCUT2D eigenvalue weighted by Crippen LogP contribution is 2.23. The fourth-order valence-electron chi connectivity index (χ4n) is 3.53. The molecule has 0 atom stereocenters. The SMILES string of the molecule is Cc1cc(C=NNC(=O)c2cccnc2Cl)c(C)n1-c1ccc(OCc2ccc(F)cc2)cc1. The largest absolute Gasteiger partial charge is 0.489 e. The van der Waals surface area contributed by atoms with Crippen LogP contribution >= 0.6 is 11.6 Å². The number of rotatable bonds is 7. The zero-order valence-electron chi connectivity index (χ0n) is 18.6. The third-order valence-electron chi connectivity index (χ3n) is 5.26. The van der Waals surface area contributed by atoms with Crippen LogP contribution in [0.5, 0.6) is 5.75 Å². The fourth-order valence-corrected chi connectivity index (χ4v) is 3.74.